The quantitative estimate of drug-likeness (QED) is 0.896. The molecule has 1 fully saturated rings. The summed E-state index contributed by atoms with van der Waals surface area (Å²) in [5.74, 6) is 2.45. The Morgan fingerprint density at radius 2 is 2.39 bits per heavy atom. The van der Waals surface area contributed by atoms with Crippen LogP contribution in [0.2, 0.25) is 4.34 Å². The Morgan fingerprint density at radius 3 is 3.00 bits per heavy atom. The molecule has 1 aromatic rings. The molecule has 1 saturated heterocycles. The molecular formula is C13H21ClN2S2. The Bertz CT molecular complexity index is 370. The number of thiophene rings is 1. The lowest BCUT2D eigenvalue weighted by Gasteiger charge is -2.37. The van der Waals surface area contributed by atoms with E-state index in [2.05, 4.69) is 42.0 Å². The number of hydrogen-bond acceptors (Lipinski definition) is 4. The van der Waals surface area contributed by atoms with Crippen LogP contribution in [0.4, 0.5) is 0 Å². The molecule has 1 N–H and O–H groups in total. The third kappa shape index (κ3) is 3.64. The molecule has 1 aliphatic rings. The number of rotatable bonds is 5. The van der Waals surface area contributed by atoms with Crippen LogP contribution in [-0.2, 0) is 0 Å². The zero-order valence-corrected chi connectivity index (χ0v) is 13.4. The van der Waals surface area contributed by atoms with Gasteiger partial charge in [0.15, 0.2) is 0 Å². The molecule has 2 atom stereocenters. The standard InChI is InChI=1S/C13H21ClN2S2/c1-3-6-15-13(11-4-5-12(14)18-11)10-9-17-8-7-16(10)2/h4-5,10,13,15H,3,6-9H2,1-2H3. The smallest absolute Gasteiger partial charge is 0.0931 e. The summed E-state index contributed by atoms with van der Waals surface area (Å²) in [6.07, 6.45) is 1.17. The van der Waals surface area contributed by atoms with E-state index in [0.717, 1.165) is 10.9 Å². The third-order valence-corrected chi connectivity index (χ3v) is 5.71. The van der Waals surface area contributed by atoms with Crippen molar-refractivity contribution >= 4 is 34.7 Å². The monoisotopic (exact) mass is 304 g/mol. The van der Waals surface area contributed by atoms with Crippen molar-refractivity contribution in [3.05, 3.63) is 21.3 Å². The molecule has 0 radical (unpaired) electrons. The summed E-state index contributed by atoms with van der Waals surface area (Å²) in [6, 6.07) is 5.18. The van der Waals surface area contributed by atoms with Crippen molar-refractivity contribution in [1.82, 2.24) is 10.2 Å². The first-order valence-electron chi connectivity index (χ1n) is 6.49. The van der Waals surface area contributed by atoms with E-state index in [1.54, 1.807) is 11.3 Å². The predicted molar refractivity (Wildman–Crippen MR) is 84.1 cm³/mol. The molecule has 1 aromatic heterocycles. The topological polar surface area (TPSA) is 15.3 Å². The number of nitrogens with zero attached hydrogens (tertiary/aromatic N) is 1. The molecule has 102 valence electrons. The highest BCUT2D eigenvalue weighted by Crippen LogP contribution is 2.32. The first-order valence-corrected chi connectivity index (χ1v) is 8.84. The van der Waals surface area contributed by atoms with Gasteiger partial charge in [-0.25, -0.2) is 0 Å². The fourth-order valence-electron chi connectivity index (χ4n) is 2.28. The van der Waals surface area contributed by atoms with E-state index in [0.29, 0.717) is 12.1 Å². The molecule has 0 bridgehead atoms. The lowest BCUT2D eigenvalue weighted by molar-refractivity contribution is 0.217. The van der Waals surface area contributed by atoms with Crippen LogP contribution in [0.25, 0.3) is 0 Å². The van der Waals surface area contributed by atoms with Gasteiger partial charge in [-0.2, -0.15) is 11.8 Å². The van der Waals surface area contributed by atoms with Gasteiger partial charge in [-0.05, 0) is 32.1 Å². The average molecular weight is 305 g/mol. The fourth-order valence-corrected chi connectivity index (χ4v) is 4.75. The Morgan fingerprint density at radius 1 is 1.56 bits per heavy atom. The van der Waals surface area contributed by atoms with Gasteiger partial charge in [0.2, 0.25) is 0 Å². The first-order chi connectivity index (χ1) is 8.72. The largest absolute Gasteiger partial charge is 0.308 e. The number of thioether (sulfide) groups is 1. The van der Waals surface area contributed by atoms with Crippen molar-refractivity contribution in [3.63, 3.8) is 0 Å². The third-order valence-electron chi connectivity index (χ3n) is 3.34. The van der Waals surface area contributed by atoms with Crippen LogP contribution < -0.4 is 5.32 Å². The van der Waals surface area contributed by atoms with Crippen LogP contribution >= 0.6 is 34.7 Å². The predicted octanol–water partition coefficient (Wildman–Crippen LogP) is 3.49. The molecule has 0 aromatic carbocycles. The molecule has 2 unspecified atom stereocenters. The minimum absolute atomic E-state index is 0.417. The van der Waals surface area contributed by atoms with E-state index in [1.807, 2.05) is 6.07 Å². The molecule has 1 aliphatic heterocycles. The molecular weight excluding hydrogens is 284 g/mol. The van der Waals surface area contributed by atoms with Gasteiger partial charge in [-0.3, -0.25) is 4.90 Å². The molecule has 2 rings (SSSR count). The van der Waals surface area contributed by atoms with Gasteiger partial charge in [0.1, 0.15) is 0 Å². The van der Waals surface area contributed by atoms with Crippen molar-refractivity contribution in [2.24, 2.45) is 0 Å². The zero-order valence-electron chi connectivity index (χ0n) is 11.0. The number of likely N-dealkylation sites (N-methyl/N-ethyl adjacent to an activating group) is 1. The molecule has 18 heavy (non-hydrogen) atoms. The molecule has 0 spiro atoms. The highest BCUT2D eigenvalue weighted by atomic mass is 35.5. The maximum Gasteiger partial charge on any atom is 0.0931 e. The van der Waals surface area contributed by atoms with Crippen LogP contribution in [0.3, 0.4) is 0 Å². The summed E-state index contributed by atoms with van der Waals surface area (Å²) in [4.78, 5) is 3.85. The van der Waals surface area contributed by atoms with Crippen molar-refractivity contribution in [3.8, 4) is 0 Å². The number of nitrogens with one attached hydrogen (secondary N) is 1. The summed E-state index contributed by atoms with van der Waals surface area (Å²) in [7, 11) is 2.24. The van der Waals surface area contributed by atoms with E-state index >= 15 is 0 Å². The van der Waals surface area contributed by atoms with E-state index in [4.69, 9.17) is 11.6 Å². The van der Waals surface area contributed by atoms with Crippen LogP contribution in [0.1, 0.15) is 24.3 Å². The molecule has 0 aliphatic carbocycles. The minimum Gasteiger partial charge on any atom is -0.308 e. The summed E-state index contributed by atoms with van der Waals surface area (Å²) >= 11 is 9.85. The van der Waals surface area contributed by atoms with Gasteiger partial charge in [0, 0.05) is 29.0 Å². The normalized spacial score (nSPS) is 23.2. The summed E-state index contributed by atoms with van der Waals surface area (Å²) in [6.45, 7) is 4.46. The Hall–Kier alpha value is 0.260. The summed E-state index contributed by atoms with van der Waals surface area (Å²) in [5, 5.41) is 3.70. The maximum absolute atomic E-state index is 6.09. The first kappa shape index (κ1) is 14.7. The Kier molecular flexibility index (Phi) is 5.83. The van der Waals surface area contributed by atoms with E-state index in [9.17, 15) is 0 Å². The van der Waals surface area contributed by atoms with Gasteiger partial charge in [-0.1, -0.05) is 18.5 Å². The zero-order chi connectivity index (χ0) is 13.0. The SMILES string of the molecule is CCCNC(c1ccc(Cl)s1)C1CSCCN1C. The van der Waals surface area contributed by atoms with Crippen LogP contribution in [0.5, 0.6) is 0 Å². The average Bonchev–Trinajstić information content (AvgIpc) is 2.78. The van der Waals surface area contributed by atoms with Crippen molar-refractivity contribution in [2.45, 2.75) is 25.4 Å². The second-order valence-corrected chi connectivity index (χ2v) is 7.59. The highest BCUT2D eigenvalue weighted by molar-refractivity contribution is 7.99. The van der Waals surface area contributed by atoms with Gasteiger partial charge in [0.25, 0.3) is 0 Å². The number of halogens is 1. The molecule has 2 nitrogen and oxygen atoms in total. The van der Waals surface area contributed by atoms with Crippen LogP contribution in [0, 0.1) is 0 Å². The summed E-state index contributed by atoms with van der Waals surface area (Å²) < 4.78 is 0.888. The molecule has 2 heterocycles. The highest BCUT2D eigenvalue weighted by Gasteiger charge is 2.29. The van der Waals surface area contributed by atoms with E-state index in [-0.39, 0.29) is 0 Å². The van der Waals surface area contributed by atoms with E-state index in [1.165, 1.54) is 29.3 Å². The maximum atomic E-state index is 6.09. The lowest BCUT2D eigenvalue weighted by Crippen LogP contribution is -2.47. The molecule has 0 amide bonds. The molecule has 5 heteroatoms. The van der Waals surface area contributed by atoms with Crippen molar-refractivity contribution < 1.29 is 0 Å². The second kappa shape index (κ2) is 7.15. The fraction of sp³-hybridized carbons (Fsp3) is 0.692. The van der Waals surface area contributed by atoms with Gasteiger partial charge >= 0.3 is 0 Å². The van der Waals surface area contributed by atoms with Crippen molar-refractivity contribution in [2.75, 3.05) is 31.6 Å². The molecule has 0 saturated carbocycles. The second-order valence-electron chi connectivity index (χ2n) is 4.70. The Balaban J connectivity index is 2.13. The van der Waals surface area contributed by atoms with Crippen molar-refractivity contribution in [1.29, 1.82) is 0 Å². The van der Waals surface area contributed by atoms with Crippen LogP contribution in [-0.4, -0.2) is 42.6 Å². The lowest BCUT2D eigenvalue weighted by atomic mass is 10.1. The minimum atomic E-state index is 0.417. The number of hydrogen-bond donors (Lipinski definition) is 1. The van der Waals surface area contributed by atoms with Gasteiger partial charge in [-0.15, -0.1) is 11.3 Å². The van der Waals surface area contributed by atoms with Gasteiger partial charge < -0.3 is 5.32 Å². The van der Waals surface area contributed by atoms with Gasteiger partial charge in [0.05, 0.1) is 10.4 Å². The summed E-state index contributed by atoms with van der Waals surface area (Å²) in [5.41, 5.74) is 0. The van der Waals surface area contributed by atoms with E-state index < -0.39 is 0 Å². The van der Waals surface area contributed by atoms with Crippen LogP contribution in [0.15, 0.2) is 12.1 Å². The Labute approximate surface area is 123 Å².